The van der Waals surface area contributed by atoms with E-state index in [9.17, 15) is 4.79 Å². The lowest BCUT2D eigenvalue weighted by molar-refractivity contribution is 0.103. The fourth-order valence-corrected chi connectivity index (χ4v) is 7.09. The average molecular weight is 432 g/mol. The molecule has 0 radical (unpaired) electrons. The molecule has 1 unspecified atom stereocenters. The van der Waals surface area contributed by atoms with Crippen molar-refractivity contribution in [3.63, 3.8) is 0 Å². The van der Waals surface area contributed by atoms with Crippen molar-refractivity contribution in [1.82, 2.24) is 0 Å². The Hall–Kier alpha value is -1.78. The Morgan fingerprint density at radius 2 is 1.52 bits per heavy atom. The van der Waals surface area contributed by atoms with Gasteiger partial charge in [0.1, 0.15) is 0 Å². The molecule has 0 aliphatic rings. The highest BCUT2D eigenvalue weighted by Gasteiger charge is 2.45. The van der Waals surface area contributed by atoms with Gasteiger partial charge in [-0.3, -0.25) is 4.79 Å². The van der Waals surface area contributed by atoms with Gasteiger partial charge in [0, 0.05) is 52.2 Å². The van der Waals surface area contributed by atoms with E-state index in [2.05, 4.69) is 24.1 Å². The molecule has 0 bridgehead atoms. The van der Waals surface area contributed by atoms with E-state index in [1.807, 2.05) is 57.4 Å². The van der Waals surface area contributed by atoms with Crippen molar-refractivity contribution in [1.29, 1.82) is 0 Å². The molecule has 5 nitrogen and oxygen atoms in total. The molecular formula is C22H33NO4Si2. The highest BCUT2D eigenvalue weighted by Crippen LogP contribution is 2.28. The van der Waals surface area contributed by atoms with Crippen LogP contribution in [0.4, 0.5) is 5.69 Å². The quantitative estimate of drug-likeness (QED) is 0.451. The van der Waals surface area contributed by atoms with Crippen molar-refractivity contribution in [2.24, 2.45) is 0 Å². The van der Waals surface area contributed by atoms with Crippen LogP contribution in [-0.4, -0.2) is 58.8 Å². The number of hydrogen-bond donors (Lipinski definition) is 0. The molecule has 0 aliphatic heterocycles. The molecule has 0 saturated heterocycles. The summed E-state index contributed by atoms with van der Waals surface area (Å²) in [6, 6.07) is 13.9. The number of ketones is 1. The highest BCUT2D eigenvalue weighted by atomic mass is 28.4. The van der Waals surface area contributed by atoms with Gasteiger partial charge < -0.3 is 18.2 Å². The molecule has 0 heterocycles. The van der Waals surface area contributed by atoms with Gasteiger partial charge in [-0.15, -0.1) is 0 Å². The zero-order chi connectivity index (χ0) is 21.8. The molecule has 0 spiro atoms. The minimum atomic E-state index is -2.80. The Kier molecular flexibility index (Phi) is 7.96. The van der Waals surface area contributed by atoms with Gasteiger partial charge in [0.25, 0.3) is 0 Å². The number of nitrogens with zero attached hydrogens (tertiary/aromatic N) is 1. The minimum Gasteiger partial charge on any atom is -0.378 e. The normalized spacial score (nSPS) is 12.9. The predicted octanol–water partition coefficient (Wildman–Crippen LogP) is 3.20. The standard InChI is InChI=1S/C22H33NO4Si2/c1-16(29(25-4,26-5)27-6)17-9-11-18(12-10-17)22(24)20-14-13-19(23(2)3)15-21(20)28(7)8/h9-16,28H,1-8H3. The van der Waals surface area contributed by atoms with E-state index < -0.39 is 17.6 Å². The van der Waals surface area contributed by atoms with Crippen molar-refractivity contribution in [3.8, 4) is 0 Å². The summed E-state index contributed by atoms with van der Waals surface area (Å²) in [5.74, 6) is 0.0689. The minimum absolute atomic E-state index is 0.0374. The summed E-state index contributed by atoms with van der Waals surface area (Å²) in [5.41, 5.74) is 3.62. The van der Waals surface area contributed by atoms with Crippen LogP contribution in [0.15, 0.2) is 42.5 Å². The molecule has 0 fully saturated rings. The first-order valence-electron chi connectivity index (χ1n) is 9.82. The first kappa shape index (κ1) is 23.5. The van der Waals surface area contributed by atoms with Crippen LogP contribution in [0.2, 0.25) is 13.1 Å². The molecule has 158 valence electrons. The van der Waals surface area contributed by atoms with Crippen LogP contribution in [0.3, 0.4) is 0 Å². The van der Waals surface area contributed by atoms with E-state index >= 15 is 0 Å². The smallest absolute Gasteiger partial charge is 0.378 e. The van der Waals surface area contributed by atoms with Gasteiger partial charge in [-0.05, 0) is 23.8 Å². The summed E-state index contributed by atoms with van der Waals surface area (Å²) in [4.78, 5) is 15.3. The Labute approximate surface area is 177 Å². The lowest BCUT2D eigenvalue weighted by Crippen LogP contribution is -2.48. The zero-order valence-corrected chi connectivity index (χ0v) is 20.9. The molecular weight excluding hydrogens is 398 g/mol. The van der Waals surface area contributed by atoms with E-state index in [0.717, 1.165) is 16.8 Å². The van der Waals surface area contributed by atoms with Crippen molar-refractivity contribution in [2.45, 2.75) is 25.6 Å². The number of carbonyl (C=O) groups excluding carboxylic acids is 1. The Bertz CT molecular complexity index is 825. The lowest BCUT2D eigenvalue weighted by Gasteiger charge is -2.30. The summed E-state index contributed by atoms with van der Waals surface area (Å²) >= 11 is 0. The maximum Gasteiger partial charge on any atom is 0.507 e. The van der Waals surface area contributed by atoms with Crippen molar-refractivity contribution >= 4 is 34.3 Å². The molecule has 0 amide bonds. The summed E-state index contributed by atoms with van der Waals surface area (Å²) in [6.45, 7) is 6.53. The van der Waals surface area contributed by atoms with E-state index in [4.69, 9.17) is 13.3 Å². The van der Waals surface area contributed by atoms with Gasteiger partial charge >= 0.3 is 8.80 Å². The topological polar surface area (TPSA) is 48.0 Å². The highest BCUT2D eigenvalue weighted by molar-refractivity contribution is 6.72. The third-order valence-electron chi connectivity index (χ3n) is 5.47. The first-order valence-corrected chi connectivity index (χ1v) is 14.5. The SMILES string of the molecule is CO[Si](OC)(OC)C(C)c1ccc(C(=O)c2ccc(N(C)C)cc2[SiH](C)C)cc1. The van der Waals surface area contributed by atoms with E-state index in [0.29, 0.717) is 5.56 Å². The Morgan fingerprint density at radius 1 is 0.966 bits per heavy atom. The van der Waals surface area contributed by atoms with Crippen molar-refractivity contribution in [2.75, 3.05) is 40.3 Å². The van der Waals surface area contributed by atoms with Crippen LogP contribution in [-0.2, 0) is 13.3 Å². The van der Waals surface area contributed by atoms with Gasteiger partial charge in [-0.25, -0.2) is 0 Å². The van der Waals surface area contributed by atoms with Crippen molar-refractivity contribution in [3.05, 3.63) is 59.2 Å². The third kappa shape index (κ3) is 4.87. The second-order valence-electron chi connectivity index (χ2n) is 7.71. The maximum absolute atomic E-state index is 13.2. The molecule has 29 heavy (non-hydrogen) atoms. The lowest BCUT2D eigenvalue weighted by atomic mass is 10.0. The van der Waals surface area contributed by atoms with Crippen LogP contribution in [0.5, 0.6) is 0 Å². The van der Waals surface area contributed by atoms with Crippen LogP contribution >= 0.6 is 0 Å². The molecule has 7 heteroatoms. The molecule has 2 aromatic carbocycles. The fraction of sp³-hybridized carbons (Fsp3) is 0.409. The number of benzene rings is 2. The summed E-state index contributed by atoms with van der Waals surface area (Å²) < 4.78 is 16.8. The molecule has 0 aliphatic carbocycles. The average Bonchev–Trinajstić information content (AvgIpc) is 2.74. The second kappa shape index (κ2) is 9.82. The summed E-state index contributed by atoms with van der Waals surface area (Å²) in [6.07, 6.45) is 0. The number of carbonyl (C=O) groups is 1. The Balaban J connectivity index is 2.36. The van der Waals surface area contributed by atoms with Gasteiger partial charge in [0.05, 0.1) is 14.3 Å². The largest absolute Gasteiger partial charge is 0.507 e. The number of hydrogen-bond acceptors (Lipinski definition) is 5. The second-order valence-corrected chi connectivity index (χ2v) is 13.9. The van der Waals surface area contributed by atoms with Gasteiger partial charge in [0.2, 0.25) is 0 Å². The number of anilines is 1. The molecule has 0 N–H and O–H groups in total. The monoisotopic (exact) mass is 431 g/mol. The van der Waals surface area contributed by atoms with Crippen LogP contribution in [0.1, 0.15) is 33.9 Å². The van der Waals surface area contributed by atoms with Gasteiger partial charge in [0.15, 0.2) is 5.78 Å². The Morgan fingerprint density at radius 3 is 1.97 bits per heavy atom. The van der Waals surface area contributed by atoms with Crippen LogP contribution in [0, 0.1) is 0 Å². The summed E-state index contributed by atoms with van der Waals surface area (Å²) in [5, 5.41) is 1.20. The first-order chi connectivity index (χ1) is 13.7. The van der Waals surface area contributed by atoms with E-state index in [1.54, 1.807) is 21.3 Å². The predicted molar refractivity (Wildman–Crippen MR) is 124 cm³/mol. The summed E-state index contributed by atoms with van der Waals surface area (Å²) in [7, 11) is 4.91. The van der Waals surface area contributed by atoms with E-state index in [-0.39, 0.29) is 11.3 Å². The van der Waals surface area contributed by atoms with Crippen LogP contribution in [0.25, 0.3) is 0 Å². The fourth-order valence-electron chi connectivity index (χ4n) is 3.58. The van der Waals surface area contributed by atoms with Crippen LogP contribution < -0.4 is 10.1 Å². The molecule has 2 rings (SSSR count). The maximum atomic E-state index is 13.2. The molecule has 0 aromatic heterocycles. The van der Waals surface area contributed by atoms with Crippen molar-refractivity contribution < 1.29 is 18.1 Å². The zero-order valence-electron chi connectivity index (χ0n) is 18.8. The number of rotatable bonds is 9. The molecule has 1 atom stereocenters. The van der Waals surface area contributed by atoms with E-state index in [1.165, 1.54) is 5.19 Å². The van der Waals surface area contributed by atoms with Gasteiger partial charge in [-0.2, -0.15) is 0 Å². The van der Waals surface area contributed by atoms with Gasteiger partial charge in [-0.1, -0.05) is 49.5 Å². The third-order valence-corrected chi connectivity index (χ3v) is 10.3. The molecule has 0 saturated carbocycles. The molecule has 2 aromatic rings.